The molecule has 0 unspecified atom stereocenters. The van der Waals surface area contributed by atoms with Crippen molar-refractivity contribution in [1.82, 2.24) is 4.98 Å². The molecule has 0 saturated heterocycles. The molecule has 0 atom stereocenters. The highest BCUT2D eigenvalue weighted by molar-refractivity contribution is 6.07. The zero-order valence-corrected chi connectivity index (χ0v) is 14.5. The van der Waals surface area contributed by atoms with Crippen LogP contribution in [0.2, 0.25) is 0 Å². The van der Waals surface area contributed by atoms with Gasteiger partial charge in [-0.05, 0) is 37.6 Å². The minimum Gasteiger partial charge on any atom is -0.462 e. The van der Waals surface area contributed by atoms with Gasteiger partial charge >= 0.3 is 5.97 Å². The number of hydrogen-bond acceptors (Lipinski definition) is 5. The molecule has 0 aliphatic carbocycles. The van der Waals surface area contributed by atoms with Gasteiger partial charge in [0.05, 0.1) is 23.4 Å². The summed E-state index contributed by atoms with van der Waals surface area (Å²) in [6, 6.07) is 10.2. The number of carbonyl (C=O) groups is 2. The summed E-state index contributed by atoms with van der Waals surface area (Å²) in [7, 11) is 0. The van der Waals surface area contributed by atoms with Crippen LogP contribution < -0.4 is 10.6 Å². The molecule has 0 spiro atoms. The Kier molecular flexibility index (Phi) is 6.95. The van der Waals surface area contributed by atoms with Crippen molar-refractivity contribution in [3.63, 3.8) is 0 Å². The van der Waals surface area contributed by atoms with Gasteiger partial charge in [-0.1, -0.05) is 25.5 Å². The van der Waals surface area contributed by atoms with E-state index in [0.29, 0.717) is 16.8 Å². The third-order valence-electron chi connectivity index (χ3n) is 3.53. The molecule has 6 nitrogen and oxygen atoms in total. The summed E-state index contributed by atoms with van der Waals surface area (Å²) in [4.78, 5) is 28.6. The number of aromatic nitrogens is 1. The number of carbonyl (C=O) groups excluding carboxylic acids is 2. The summed E-state index contributed by atoms with van der Waals surface area (Å²) in [5, 5.41) is 5.93. The van der Waals surface area contributed by atoms with Crippen molar-refractivity contribution >= 4 is 23.4 Å². The quantitative estimate of drug-likeness (QED) is 0.565. The standard InChI is InChI=1S/C19H23N3O3/c1-3-5-12-20-17-11-10-14(13-21-17)18(23)22-16-9-7-6-8-15(16)19(24)25-4-2/h6-11,13H,3-5,12H2,1-2H3,(H,20,21)(H,22,23). The second-order valence-corrected chi connectivity index (χ2v) is 5.43. The first-order chi connectivity index (χ1) is 12.2. The number of pyridine rings is 1. The molecule has 1 aromatic carbocycles. The van der Waals surface area contributed by atoms with E-state index < -0.39 is 5.97 Å². The van der Waals surface area contributed by atoms with Crippen molar-refractivity contribution < 1.29 is 14.3 Å². The SMILES string of the molecule is CCCCNc1ccc(C(=O)Nc2ccccc2C(=O)OCC)cn1. The summed E-state index contributed by atoms with van der Waals surface area (Å²) >= 11 is 0. The van der Waals surface area contributed by atoms with Crippen LogP contribution in [0.3, 0.4) is 0 Å². The fraction of sp³-hybridized carbons (Fsp3) is 0.316. The van der Waals surface area contributed by atoms with Crippen LogP contribution in [-0.2, 0) is 4.74 Å². The Labute approximate surface area is 147 Å². The van der Waals surface area contributed by atoms with E-state index in [2.05, 4.69) is 22.5 Å². The first kappa shape index (κ1) is 18.4. The van der Waals surface area contributed by atoms with Crippen LogP contribution in [0.15, 0.2) is 42.6 Å². The maximum absolute atomic E-state index is 12.4. The van der Waals surface area contributed by atoms with Crippen molar-refractivity contribution in [1.29, 1.82) is 0 Å². The Morgan fingerprint density at radius 3 is 2.60 bits per heavy atom. The number of nitrogens with zero attached hydrogens (tertiary/aromatic N) is 1. The second kappa shape index (κ2) is 9.42. The lowest BCUT2D eigenvalue weighted by Gasteiger charge is -2.10. The third-order valence-corrected chi connectivity index (χ3v) is 3.53. The van der Waals surface area contributed by atoms with Crippen molar-refractivity contribution in [3.8, 4) is 0 Å². The maximum Gasteiger partial charge on any atom is 0.340 e. The first-order valence-electron chi connectivity index (χ1n) is 8.43. The molecule has 0 saturated carbocycles. The summed E-state index contributed by atoms with van der Waals surface area (Å²) in [6.07, 6.45) is 3.68. The largest absolute Gasteiger partial charge is 0.462 e. The molecule has 25 heavy (non-hydrogen) atoms. The number of rotatable bonds is 8. The number of para-hydroxylation sites is 1. The highest BCUT2D eigenvalue weighted by Gasteiger charge is 2.15. The van der Waals surface area contributed by atoms with E-state index >= 15 is 0 Å². The molecule has 0 fully saturated rings. The zero-order valence-electron chi connectivity index (χ0n) is 14.5. The molecule has 0 radical (unpaired) electrons. The molecule has 2 N–H and O–H groups in total. The normalized spacial score (nSPS) is 10.2. The molecule has 1 heterocycles. The average Bonchev–Trinajstić information content (AvgIpc) is 2.63. The number of hydrogen-bond donors (Lipinski definition) is 2. The van der Waals surface area contributed by atoms with Gasteiger partial charge in [0.25, 0.3) is 5.91 Å². The van der Waals surface area contributed by atoms with E-state index in [4.69, 9.17) is 4.74 Å². The molecular weight excluding hydrogens is 318 g/mol. The number of esters is 1. The molecule has 0 bridgehead atoms. The van der Waals surface area contributed by atoms with Gasteiger partial charge in [0.2, 0.25) is 0 Å². The van der Waals surface area contributed by atoms with Gasteiger partial charge < -0.3 is 15.4 Å². The van der Waals surface area contributed by atoms with Gasteiger partial charge in [0.15, 0.2) is 0 Å². The van der Waals surface area contributed by atoms with Crippen LogP contribution in [-0.4, -0.2) is 30.0 Å². The Morgan fingerprint density at radius 1 is 1.12 bits per heavy atom. The number of unbranched alkanes of at least 4 members (excludes halogenated alkanes) is 1. The molecule has 6 heteroatoms. The average molecular weight is 341 g/mol. The minimum absolute atomic E-state index is 0.275. The van der Waals surface area contributed by atoms with E-state index in [0.717, 1.165) is 25.2 Å². The minimum atomic E-state index is -0.466. The molecule has 2 rings (SSSR count). The monoisotopic (exact) mass is 341 g/mol. The van der Waals surface area contributed by atoms with E-state index in [1.54, 1.807) is 43.3 Å². The third kappa shape index (κ3) is 5.31. The highest BCUT2D eigenvalue weighted by atomic mass is 16.5. The Bertz CT molecular complexity index is 714. The summed E-state index contributed by atoms with van der Waals surface area (Å²) < 4.78 is 5.01. The number of nitrogens with one attached hydrogen (secondary N) is 2. The Hall–Kier alpha value is -2.89. The van der Waals surface area contributed by atoms with Crippen LogP contribution in [0.25, 0.3) is 0 Å². The maximum atomic E-state index is 12.4. The fourth-order valence-electron chi connectivity index (χ4n) is 2.20. The van der Waals surface area contributed by atoms with Crippen LogP contribution >= 0.6 is 0 Å². The van der Waals surface area contributed by atoms with Gasteiger partial charge in [-0.15, -0.1) is 0 Å². The molecule has 2 aromatic rings. The van der Waals surface area contributed by atoms with Crippen molar-refractivity contribution in [2.75, 3.05) is 23.8 Å². The van der Waals surface area contributed by atoms with Crippen LogP contribution in [0, 0.1) is 0 Å². The molecule has 0 aliphatic rings. The topological polar surface area (TPSA) is 80.3 Å². The lowest BCUT2D eigenvalue weighted by molar-refractivity contribution is 0.0527. The van der Waals surface area contributed by atoms with Gasteiger partial charge in [0.1, 0.15) is 5.82 Å². The van der Waals surface area contributed by atoms with E-state index in [1.165, 1.54) is 6.20 Å². The lowest BCUT2D eigenvalue weighted by Crippen LogP contribution is -2.16. The van der Waals surface area contributed by atoms with Gasteiger partial charge in [-0.3, -0.25) is 4.79 Å². The summed E-state index contributed by atoms with van der Waals surface area (Å²) in [5.74, 6) is -0.0618. The smallest absolute Gasteiger partial charge is 0.340 e. The summed E-state index contributed by atoms with van der Waals surface area (Å²) in [6.45, 7) is 4.98. The Morgan fingerprint density at radius 2 is 1.92 bits per heavy atom. The molecular formula is C19H23N3O3. The molecule has 1 aromatic heterocycles. The highest BCUT2D eigenvalue weighted by Crippen LogP contribution is 2.17. The predicted octanol–water partition coefficient (Wildman–Crippen LogP) is 3.72. The number of anilines is 2. The lowest BCUT2D eigenvalue weighted by atomic mass is 10.1. The fourth-order valence-corrected chi connectivity index (χ4v) is 2.20. The number of ether oxygens (including phenoxy) is 1. The van der Waals surface area contributed by atoms with Crippen molar-refractivity contribution in [2.24, 2.45) is 0 Å². The van der Waals surface area contributed by atoms with Gasteiger partial charge in [-0.25, -0.2) is 9.78 Å². The van der Waals surface area contributed by atoms with Crippen molar-refractivity contribution in [2.45, 2.75) is 26.7 Å². The number of benzene rings is 1. The van der Waals surface area contributed by atoms with Crippen molar-refractivity contribution in [3.05, 3.63) is 53.7 Å². The van der Waals surface area contributed by atoms with Crippen LogP contribution in [0.1, 0.15) is 47.4 Å². The second-order valence-electron chi connectivity index (χ2n) is 5.43. The van der Waals surface area contributed by atoms with E-state index in [1.807, 2.05) is 0 Å². The molecule has 132 valence electrons. The van der Waals surface area contributed by atoms with Crippen LogP contribution in [0.5, 0.6) is 0 Å². The predicted molar refractivity (Wildman–Crippen MR) is 98.0 cm³/mol. The molecule has 1 amide bonds. The zero-order chi connectivity index (χ0) is 18.1. The van der Waals surface area contributed by atoms with Gasteiger partial charge in [-0.2, -0.15) is 0 Å². The first-order valence-corrected chi connectivity index (χ1v) is 8.43. The number of amides is 1. The van der Waals surface area contributed by atoms with Crippen LogP contribution in [0.4, 0.5) is 11.5 Å². The summed E-state index contributed by atoms with van der Waals surface area (Å²) in [5.41, 5.74) is 1.15. The van der Waals surface area contributed by atoms with E-state index in [9.17, 15) is 9.59 Å². The Balaban J connectivity index is 2.06. The molecule has 0 aliphatic heterocycles. The van der Waals surface area contributed by atoms with E-state index in [-0.39, 0.29) is 12.5 Å². The van der Waals surface area contributed by atoms with Gasteiger partial charge in [0, 0.05) is 12.7 Å².